The highest BCUT2D eigenvalue weighted by Crippen LogP contribution is 2.18. The number of likely N-dealkylation sites (tertiary alicyclic amines) is 1. The summed E-state index contributed by atoms with van der Waals surface area (Å²) < 4.78 is 27.5. The molecule has 1 atom stereocenters. The third-order valence-corrected chi connectivity index (χ3v) is 5.18. The number of sulfonamides is 1. The van der Waals surface area contributed by atoms with Crippen LogP contribution in [0, 0.1) is 5.92 Å². The molecular formula is C17H25N3O5S. The summed E-state index contributed by atoms with van der Waals surface area (Å²) in [7, 11) is -3.75. The number of nitrogens with two attached hydrogens (primary N) is 1. The predicted molar refractivity (Wildman–Crippen MR) is 96.9 cm³/mol. The predicted octanol–water partition coefficient (Wildman–Crippen LogP) is 0.938. The van der Waals surface area contributed by atoms with Gasteiger partial charge in [-0.2, -0.15) is 0 Å². The summed E-state index contributed by atoms with van der Waals surface area (Å²) in [6.45, 7) is 4.18. The third kappa shape index (κ3) is 6.08. The van der Waals surface area contributed by atoms with Gasteiger partial charge in [-0.15, -0.1) is 0 Å². The van der Waals surface area contributed by atoms with Crippen molar-refractivity contribution in [2.45, 2.75) is 31.1 Å². The summed E-state index contributed by atoms with van der Waals surface area (Å²) in [5, 5.41) is 7.76. The molecule has 0 unspecified atom stereocenters. The highest BCUT2D eigenvalue weighted by molar-refractivity contribution is 7.89. The number of hydrogen-bond acceptors (Lipinski definition) is 6. The van der Waals surface area contributed by atoms with E-state index in [1.54, 1.807) is 6.92 Å². The van der Waals surface area contributed by atoms with Crippen LogP contribution >= 0.6 is 0 Å². The van der Waals surface area contributed by atoms with Gasteiger partial charge in [-0.3, -0.25) is 9.59 Å². The fraction of sp³-hybridized carbons (Fsp3) is 0.529. The molecule has 1 heterocycles. The lowest BCUT2D eigenvalue weighted by Crippen LogP contribution is -2.40. The number of nitrogens with zero attached hydrogens (tertiary/aromatic N) is 1. The van der Waals surface area contributed by atoms with Gasteiger partial charge in [0.05, 0.1) is 17.4 Å². The maximum atomic E-state index is 12.1. The van der Waals surface area contributed by atoms with Crippen LogP contribution < -0.4 is 10.5 Å². The number of ether oxygens (including phenoxy) is 1. The number of benzene rings is 1. The lowest BCUT2D eigenvalue weighted by Gasteiger charge is -2.31. The highest BCUT2D eigenvalue weighted by Gasteiger charge is 2.26. The first-order valence-corrected chi connectivity index (χ1v) is 10.2. The van der Waals surface area contributed by atoms with Crippen LogP contribution in [-0.4, -0.2) is 51.4 Å². The van der Waals surface area contributed by atoms with Gasteiger partial charge in [0.1, 0.15) is 0 Å². The molecule has 26 heavy (non-hydrogen) atoms. The van der Waals surface area contributed by atoms with Crippen LogP contribution in [0.2, 0.25) is 0 Å². The van der Waals surface area contributed by atoms with E-state index in [9.17, 15) is 18.0 Å². The Balaban J connectivity index is 1.80. The molecule has 1 saturated heterocycles. The molecule has 0 saturated carbocycles. The SMILES string of the molecule is CCOC(=O)[C@@H]1CCCN(CCC(=O)Nc2ccc(S(N)(=O)=O)cc2)C1. The van der Waals surface area contributed by atoms with Crippen LogP contribution in [0.3, 0.4) is 0 Å². The van der Waals surface area contributed by atoms with Gasteiger partial charge in [0.15, 0.2) is 0 Å². The maximum absolute atomic E-state index is 12.1. The van der Waals surface area contributed by atoms with E-state index >= 15 is 0 Å². The molecule has 9 heteroatoms. The number of carbonyl (C=O) groups excluding carboxylic acids is 2. The monoisotopic (exact) mass is 383 g/mol. The van der Waals surface area contributed by atoms with Gasteiger partial charge in [-0.1, -0.05) is 0 Å². The van der Waals surface area contributed by atoms with Crippen molar-refractivity contribution in [2.24, 2.45) is 11.1 Å². The molecule has 2 rings (SSSR count). The van der Waals surface area contributed by atoms with Crippen molar-refractivity contribution in [1.29, 1.82) is 0 Å². The molecule has 1 fully saturated rings. The average Bonchev–Trinajstić information content (AvgIpc) is 2.60. The minimum Gasteiger partial charge on any atom is -0.466 e. The molecule has 0 spiro atoms. The number of nitrogens with one attached hydrogen (secondary N) is 1. The molecule has 1 aliphatic heterocycles. The molecule has 144 valence electrons. The van der Waals surface area contributed by atoms with E-state index in [1.165, 1.54) is 24.3 Å². The Morgan fingerprint density at radius 2 is 2.00 bits per heavy atom. The van der Waals surface area contributed by atoms with Gasteiger partial charge in [0, 0.05) is 25.2 Å². The Morgan fingerprint density at radius 1 is 1.31 bits per heavy atom. The highest BCUT2D eigenvalue weighted by atomic mass is 32.2. The quantitative estimate of drug-likeness (QED) is 0.676. The third-order valence-electron chi connectivity index (χ3n) is 4.25. The zero-order valence-electron chi connectivity index (χ0n) is 14.8. The van der Waals surface area contributed by atoms with Gasteiger partial charge < -0.3 is 15.0 Å². The Kier molecular flexibility index (Phi) is 7.13. The van der Waals surface area contributed by atoms with E-state index in [4.69, 9.17) is 9.88 Å². The lowest BCUT2D eigenvalue weighted by molar-refractivity contribution is -0.149. The summed E-state index contributed by atoms with van der Waals surface area (Å²) in [5.41, 5.74) is 0.505. The minimum absolute atomic E-state index is 0.00572. The van der Waals surface area contributed by atoms with Crippen LogP contribution in [0.25, 0.3) is 0 Å². The molecule has 1 aromatic carbocycles. The number of amides is 1. The molecule has 1 aromatic rings. The van der Waals surface area contributed by atoms with Crippen LogP contribution in [0.4, 0.5) is 5.69 Å². The molecule has 1 amide bonds. The number of primary sulfonamides is 1. The fourth-order valence-electron chi connectivity index (χ4n) is 2.92. The first-order chi connectivity index (χ1) is 12.3. The Labute approximate surface area is 153 Å². The Bertz CT molecular complexity index is 733. The summed E-state index contributed by atoms with van der Waals surface area (Å²) in [4.78, 5) is 26.0. The van der Waals surface area contributed by atoms with Crippen molar-refractivity contribution in [3.63, 3.8) is 0 Å². The van der Waals surface area contributed by atoms with E-state index < -0.39 is 10.0 Å². The molecule has 8 nitrogen and oxygen atoms in total. The van der Waals surface area contributed by atoms with Crippen LogP contribution in [0.15, 0.2) is 29.2 Å². The topological polar surface area (TPSA) is 119 Å². The Hall–Kier alpha value is -1.97. The van der Waals surface area contributed by atoms with Crippen molar-refractivity contribution >= 4 is 27.6 Å². The second-order valence-corrected chi connectivity index (χ2v) is 7.82. The van der Waals surface area contributed by atoms with E-state index in [2.05, 4.69) is 10.2 Å². The molecule has 0 bridgehead atoms. The van der Waals surface area contributed by atoms with Crippen molar-refractivity contribution < 1.29 is 22.7 Å². The number of hydrogen-bond donors (Lipinski definition) is 2. The van der Waals surface area contributed by atoms with Crippen molar-refractivity contribution in [3.05, 3.63) is 24.3 Å². The summed E-state index contributed by atoms with van der Waals surface area (Å²) in [6, 6.07) is 5.68. The van der Waals surface area contributed by atoms with Crippen molar-refractivity contribution in [1.82, 2.24) is 4.90 Å². The molecule has 0 aliphatic carbocycles. The van der Waals surface area contributed by atoms with Gasteiger partial charge in [0.25, 0.3) is 0 Å². The summed E-state index contributed by atoms with van der Waals surface area (Å²) in [5.74, 6) is -0.472. The molecule has 0 aromatic heterocycles. The van der Waals surface area contributed by atoms with Crippen molar-refractivity contribution in [3.8, 4) is 0 Å². The number of carbonyl (C=O) groups is 2. The fourth-order valence-corrected chi connectivity index (χ4v) is 3.44. The number of esters is 1. The average molecular weight is 383 g/mol. The maximum Gasteiger partial charge on any atom is 0.310 e. The molecule has 0 radical (unpaired) electrons. The molecule has 1 aliphatic rings. The zero-order valence-corrected chi connectivity index (χ0v) is 15.6. The smallest absolute Gasteiger partial charge is 0.310 e. The van der Waals surface area contributed by atoms with Gasteiger partial charge in [0.2, 0.25) is 15.9 Å². The van der Waals surface area contributed by atoms with Gasteiger partial charge in [-0.25, -0.2) is 13.6 Å². The van der Waals surface area contributed by atoms with Crippen LogP contribution in [0.1, 0.15) is 26.2 Å². The van der Waals surface area contributed by atoms with E-state index in [0.717, 1.165) is 19.4 Å². The first kappa shape index (κ1) is 20.3. The number of anilines is 1. The van der Waals surface area contributed by atoms with Crippen LogP contribution in [0.5, 0.6) is 0 Å². The molecular weight excluding hydrogens is 358 g/mol. The van der Waals surface area contributed by atoms with E-state index in [-0.39, 0.29) is 29.1 Å². The number of piperidine rings is 1. The van der Waals surface area contributed by atoms with Gasteiger partial charge >= 0.3 is 5.97 Å². The van der Waals surface area contributed by atoms with E-state index in [1.807, 2.05) is 0 Å². The molecule has 3 N–H and O–H groups in total. The van der Waals surface area contributed by atoms with Crippen molar-refractivity contribution in [2.75, 3.05) is 31.6 Å². The summed E-state index contributed by atoms with van der Waals surface area (Å²) >= 11 is 0. The second-order valence-electron chi connectivity index (χ2n) is 6.26. The Morgan fingerprint density at radius 3 is 2.62 bits per heavy atom. The standard InChI is InChI=1S/C17H25N3O5S/c1-2-25-17(22)13-4-3-10-20(12-13)11-9-16(21)19-14-5-7-15(8-6-14)26(18,23)24/h5-8,13H,2-4,9-12H2,1H3,(H,19,21)(H2,18,23,24)/t13-/m1/s1. The largest absolute Gasteiger partial charge is 0.466 e. The minimum atomic E-state index is -3.75. The number of rotatable bonds is 7. The second kappa shape index (κ2) is 9.11. The van der Waals surface area contributed by atoms with Gasteiger partial charge in [-0.05, 0) is 50.6 Å². The first-order valence-electron chi connectivity index (χ1n) is 8.61. The summed E-state index contributed by atoms with van der Waals surface area (Å²) in [6.07, 6.45) is 2.00. The lowest BCUT2D eigenvalue weighted by atomic mass is 9.98. The van der Waals surface area contributed by atoms with E-state index in [0.29, 0.717) is 25.4 Å². The zero-order chi connectivity index (χ0) is 19.2. The normalized spacial score (nSPS) is 18.3. The van der Waals surface area contributed by atoms with Crippen LogP contribution in [-0.2, 0) is 24.3 Å².